The Bertz CT molecular complexity index is 617. The van der Waals surface area contributed by atoms with Crippen LogP contribution in [0.15, 0.2) is 24.3 Å². The highest BCUT2D eigenvalue weighted by Crippen LogP contribution is 2.31. The number of rotatable bonds is 4. The average molecular weight is 343 g/mol. The summed E-state index contributed by atoms with van der Waals surface area (Å²) in [5, 5.41) is 3.13. The van der Waals surface area contributed by atoms with Gasteiger partial charge in [0.1, 0.15) is 0 Å². The monoisotopic (exact) mass is 343 g/mol. The lowest BCUT2D eigenvalue weighted by atomic mass is 9.94. The molecule has 25 heavy (non-hydrogen) atoms. The van der Waals surface area contributed by atoms with E-state index >= 15 is 0 Å². The first-order valence-electron chi connectivity index (χ1n) is 9.41. The molecule has 1 unspecified atom stereocenters. The number of hydrogen-bond acceptors (Lipinski definition) is 3. The van der Waals surface area contributed by atoms with E-state index in [9.17, 15) is 9.59 Å². The van der Waals surface area contributed by atoms with E-state index < -0.39 is 0 Å². The highest BCUT2D eigenvalue weighted by Gasteiger charge is 2.37. The molecule has 1 saturated heterocycles. The van der Waals surface area contributed by atoms with Crippen molar-refractivity contribution < 1.29 is 9.59 Å². The van der Waals surface area contributed by atoms with Crippen molar-refractivity contribution in [3.8, 4) is 0 Å². The number of amides is 2. The van der Waals surface area contributed by atoms with E-state index in [1.165, 1.54) is 12.8 Å². The summed E-state index contributed by atoms with van der Waals surface area (Å²) >= 11 is 0. The molecule has 2 aliphatic rings. The first kappa shape index (κ1) is 17.9. The van der Waals surface area contributed by atoms with Crippen molar-refractivity contribution >= 4 is 17.5 Å². The van der Waals surface area contributed by atoms with Gasteiger partial charge in [0.2, 0.25) is 11.8 Å². The molecule has 3 rings (SSSR count). The zero-order valence-electron chi connectivity index (χ0n) is 15.3. The number of nitrogens with zero attached hydrogens (tertiary/aromatic N) is 2. The Morgan fingerprint density at radius 1 is 1.12 bits per heavy atom. The second-order valence-electron chi connectivity index (χ2n) is 7.39. The third-order valence-corrected chi connectivity index (χ3v) is 5.55. The van der Waals surface area contributed by atoms with Crippen molar-refractivity contribution in [3.63, 3.8) is 0 Å². The molecule has 2 amide bonds. The zero-order chi connectivity index (χ0) is 17.8. The smallest absolute Gasteiger partial charge is 0.242 e. The minimum absolute atomic E-state index is 0.0860. The predicted octanol–water partition coefficient (Wildman–Crippen LogP) is 2.66. The van der Waals surface area contributed by atoms with E-state index in [1.807, 2.05) is 36.1 Å². The van der Waals surface area contributed by atoms with Gasteiger partial charge in [0, 0.05) is 38.8 Å². The maximum absolute atomic E-state index is 13.1. The van der Waals surface area contributed by atoms with Gasteiger partial charge in [-0.05, 0) is 43.4 Å². The van der Waals surface area contributed by atoms with Crippen LogP contribution in [0.1, 0.15) is 38.2 Å². The third-order valence-electron chi connectivity index (χ3n) is 5.55. The number of nitrogens with one attached hydrogen (secondary N) is 1. The van der Waals surface area contributed by atoms with Crippen molar-refractivity contribution in [2.45, 2.75) is 45.6 Å². The normalized spacial score (nSPS) is 20.5. The summed E-state index contributed by atoms with van der Waals surface area (Å²) in [7, 11) is 0. The maximum Gasteiger partial charge on any atom is 0.242 e. The van der Waals surface area contributed by atoms with Crippen LogP contribution in [0.5, 0.6) is 0 Å². The van der Waals surface area contributed by atoms with Crippen LogP contribution < -0.4 is 5.32 Å². The molecule has 136 valence electrons. The first-order chi connectivity index (χ1) is 12.0. The number of aryl methyl sites for hydroxylation is 1. The fourth-order valence-corrected chi connectivity index (χ4v) is 4.21. The summed E-state index contributed by atoms with van der Waals surface area (Å²) in [5.74, 6) is 0.656. The van der Waals surface area contributed by atoms with E-state index in [4.69, 9.17) is 0 Å². The number of piperazine rings is 1. The summed E-state index contributed by atoms with van der Waals surface area (Å²) in [6, 6.07) is 7.88. The molecule has 5 nitrogen and oxygen atoms in total. The van der Waals surface area contributed by atoms with E-state index in [0.29, 0.717) is 5.92 Å². The zero-order valence-corrected chi connectivity index (χ0v) is 15.3. The Hall–Kier alpha value is -1.88. The Labute approximate surface area is 150 Å². The average Bonchev–Trinajstić information content (AvgIpc) is 3.09. The van der Waals surface area contributed by atoms with Crippen LogP contribution in [0.4, 0.5) is 5.69 Å². The second-order valence-corrected chi connectivity index (χ2v) is 7.39. The lowest BCUT2D eigenvalue weighted by molar-refractivity contribution is -0.132. The van der Waals surface area contributed by atoms with Crippen LogP contribution in [-0.4, -0.2) is 53.8 Å². The highest BCUT2D eigenvalue weighted by molar-refractivity contribution is 5.95. The predicted molar refractivity (Wildman–Crippen MR) is 99.4 cm³/mol. The van der Waals surface area contributed by atoms with Gasteiger partial charge in [0.25, 0.3) is 0 Å². The number of hydrogen-bond donors (Lipinski definition) is 1. The molecule has 0 radical (unpaired) electrons. The quantitative estimate of drug-likeness (QED) is 0.914. The number of benzene rings is 1. The molecule has 1 aromatic carbocycles. The van der Waals surface area contributed by atoms with E-state index in [2.05, 4.69) is 10.2 Å². The van der Waals surface area contributed by atoms with E-state index in [-0.39, 0.29) is 17.9 Å². The number of carbonyl (C=O) groups is 2. The van der Waals surface area contributed by atoms with E-state index in [1.54, 1.807) is 6.92 Å². The molecule has 0 aromatic heterocycles. The fraction of sp³-hybridized carbons (Fsp3) is 0.600. The van der Waals surface area contributed by atoms with Crippen LogP contribution in [-0.2, 0) is 9.59 Å². The van der Waals surface area contributed by atoms with Crippen LogP contribution in [0.3, 0.4) is 0 Å². The van der Waals surface area contributed by atoms with Crippen molar-refractivity contribution in [2.24, 2.45) is 5.92 Å². The van der Waals surface area contributed by atoms with Crippen LogP contribution >= 0.6 is 0 Å². The molecule has 1 aliphatic carbocycles. The van der Waals surface area contributed by atoms with Crippen molar-refractivity contribution in [2.75, 3.05) is 31.5 Å². The minimum atomic E-state index is -0.0860. The van der Waals surface area contributed by atoms with Gasteiger partial charge in [0.15, 0.2) is 0 Å². The topological polar surface area (TPSA) is 52.7 Å². The van der Waals surface area contributed by atoms with Gasteiger partial charge < -0.3 is 10.2 Å². The summed E-state index contributed by atoms with van der Waals surface area (Å²) in [5.41, 5.74) is 2.01. The number of anilines is 1. The first-order valence-corrected chi connectivity index (χ1v) is 9.41. The lowest BCUT2D eigenvalue weighted by Gasteiger charge is -2.40. The molecule has 2 fully saturated rings. The largest absolute Gasteiger partial charge is 0.340 e. The van der Waals surface area contributed by atoms with Gasteiger partial charge in [-0.15, -0.1) is 0 Å². The summed E-state index contributed by atoms with van der Waals surface area (Å²) in [4.78, 5) is 28.8. The Morgan fingerprint density at radius 3 is 2.40 bits per heavy atom. The fourth-order valence-electron chi connectivity index (χ4n) is 4.21. The Kier molecular flexibility index (Phi) is 5.74. The molecule has 0 spiro atoms. The molecule has 1 N–H and O–H groups in total. The van der Waals surface area contributed by atoms with Gasteiger partial charge in [-0.3, -0.25) is 14.5 Å². The molecule has 5 heteroatoms. The van der Waals surface area contributed by atoms with Crippen molar-refractivity contribution in [3.05, 3.63) is 29.8 Å². The lowest BCUT2D eigenvalue weighted by Crippen LogP contribution is -2.56. The molecule has 1 aromatic rings. The Balaban J connectivity index is 1.71. The molecule has 1 atom stereocenters. The van der Waals surface area contributed by atoms with Gasteiger partial charge in [-0.2, -0.15) is 0 Å². The highest BCUT2D eigenvalue weighted by atomic mass is 16.2. The van der Waals surface area contributed by atoms with Crippen LogP contribution in [0.25, 0.3) is 0 Å². The van der Waals surface area contributed by atoms with Crippen molar-refractivity contribution in [1.82, 2.24) is 9.80 Å². The van der Waals surface area contributed by atoms with E-state index in [0.717, 1.165) is 50.3 Å². The van der Waals surface area contributed by atoms with Gasteiger partial charge in [-0.25, -0.2) is 0 Å². The summed E-state index contributed by atoms with van der Waals surface area (Å²) in [6.45, 7) is 6.65. The van der Waals surface area contributed by atoms with Gasteiger partial charge in [0.05, 0.1) is 6.04 Å². The third kappa shape index (κ3) is 4.40. The maximum atomic E-state index is 13.1. The van der Waals surface area contributed by atoms with Gasteiger partial charge in [-0.1, -0.05) is 25.0 Å². The second kappa shape index (κ2) is 8.00. The Morgan fingerprint density at radius 2 is 1.80 bits per heavy atom. The van der Waals surface area contributed by atoms with Crippen LogP contribution in [0, 0.1) is 12.8 Å². The molecule has 0 bridgehead atoms. The number of carbonyl (C=O) groups excluding carboxylic acids is 2. The molecule has 1 saturated carbocycles. The van der Waals surface area contributed by atoms with Crippen LogP contribution in [0.2, 0.25) is 0 Å². The summed E-state index contributed by atoms with van der Waals surface area (Å²) in [6.07, 6.45) is 4.68. The molecule has 1 aliphatic heterocycles. The molecular weight excluding hydrogens is 314 g/mol. The summed E-state index contributed by atoms with van der Waals surface area (Å²) < 4.78 is 0. The van der Waals surface area contributed by atoms with Gasteiger partial charge >= 0.3 is 0 Å². The standard InChI is InChI=1S/C20H29N3O2/c1-15-6-5-9-18(14-15)21-20(25)19(17-7-3-4-8-17)23-12-10-22(11-13-23)16(2)24/h5-6,9,14,17,19H,3-4,7-8,10-13H2,1-2H3,(H,21,25). The molecular formula is C20H29N3O2. The minimum Gasteiger partial charge on any atom is -0.340 e. The SMILES string of the molecule is CC(=O)N1CCN(C(C(=O)Nc2cccc(C)c2)C2CCCC2)CC1. The molecule has 1 heterocycles. The van der Waals surface area contributed by atoms with Crippen molar-refractivity contribution in [1.29, 1.82) is 0 Å².